The number of nitrogens with zero attached hydrogens (tertiary/aromatic N) is 4. The van der Waals surface area contributed by atoms with Crippen LogP contribution in [0.5, 0.6) is 0 Å². The van der Waals surface area contributed by atoms with E-state index in [1.807, 2.05) is 53.5 Å². The highest BCUT2D eigenvalue weighted by Gasteiger charge is 2.15. The minimum atomic E-state index is -0.176. The van der Waals surface area contributed by atoms with Crippen molar-refractivity contribution in [2.24, 2.45) is 0 Å². The zero-order chi connectivity index (χ0) is 21.0. The molecule has 0 atom stereocenters. The summed E-state index contributed by atoms with van der Waals surface area (Å²) in [5, 5.41) is 9.16. The Hall–Kier alpha value is -3.49. The van der Waals surface area contributed by atoms with Gasteiger partial charge in [0.15, 0.2) is 0 Å². The molecule has 5 rings (SSSR count). The van der Waals surface area contributed by atoms with E-state index in [1.54, 1.807) is 12.4 Å². The van der Waals surface area contributed by atoms with Crippen LogP contribution >= 0.6 is 0 Å². The fourth-order valence-electron chi connectivity index (χ4n) is 3.88. The number of anilines is 2. The van der Waals surface area contributed by atoms with Crippen molar-refractivity contribution >= 4 is 22.3 Å². The molecule has 1 fully saturated rings. The second-order valence-corrected chi connectivity index (χ2v) is 7.55. The smallest absolute Gasteiger partial charge is 0.259 e. The van der Waals surface area contributed by atoms with Crippen LogP contribution in [0, 0.1) is 0 Å². The molecule has 1 aromatic carbocycles. The van der Waals surface area contributed by atoms with E-state index in [-0.39, 0.29) is 5.56 Å². The van der Waals surface area contributed by atoms with Gasteiger partial charge >= 0.3 is 0 Å². The Labute approximate surface area is 179 Å². The Morgan fingerprint density at radius 2 is 1.90 bits per heavy atom. The summed E-state index contributed by atoms with van der Waals surface area (Å²) in [5.74, 6) is 0.534. The number of aromatic nitrogens is 4. The van der Waals surface area contributed by atoms with Crippen molar-refractivity contribution in [1.29, 1.82) is 0 Å². The van der Waals surface area contributed by atoms with E-state index in [4.69, 9.17) is 4.74 Å². The van der Waals surface area contributed by atoms with Crippen molar-refractivity contribution in [3.63, 3.8) is 0 Å². The zero-order valence-electron chi connectivity index (χ0n) is 17.1. The third kappa shape index (κ3) is 4.21. The Morgan fingerprint density at radius 3 is 2.74 bits per heavy atom. The first-order valence-corrected chi connectivity index (χ1v) is 10.4. The van der Waals surface area contributed by atoms with Crippen molar-refractivity contribution in [3.8, 4) is 11.1 Å². The second-order valence-electron chi connectivity index (χ2n) is 7.55. The number of H-pyrrole nitrogens is 1. The molecule has 0 radical (unpaired) electrons. The molecule has 158 valence electrons. The van der Waals surface area contributed by atoms with Gasteiger partial charge in [0.25, 0.3) is 5.56 Å². The molecule has 0 unspecified atom stereocenters. The molecular weight excluding hydrogens is 392 g/mol. The maximum absolute atomic E-state index is 12.7. The standard InChI is InChI=1S/C23H24N6O2/c30-23-21-19(6-7-24-23)20(15-25-22(21)27-18-4-2-1-3-5-18)17-14-26-29(16-17)9-8-28-10-12-31-13-11-28/h1-7,14-16H,8-13H2,(H,24,30)(H,25,27). The fraction of sp³-hybridized carbons (Fsp3) is 0.261. The molecule has 3 aromatic heterocycles. The predicted octanol–water partition coefficient (Wildman–Crippen LogP) is 2.86. The first-order chi connectivity index (χ1) is 15.3. The zero-order valence-corrected chi connectivity index (χ0v) is 17.1. The van der Waals surface area contributed by atoms with Crippen LogP contribution in [0.4, 0.5) is 11.5 Å². The lowest BCUT2D eigenvalue weighted by atomic mass is 10.0. The van der Waals surface area contributed by atoms with Crippen molar-refractivity contribution in [1.82, 2.24) is 24.6 Å². The molecule has 2 N–H and O–H groups in total. The van der Waals surface area contributed by atoms with E-state index in [0.29, 0.717) is 11.2 Å². The van der Waals surface area contributed by atoms with Gasteiger partial charge in [-0.15, -0.1) is 0 Å². The largest absolute Gasteiger partial charge is 0.379 e. The molecular formula is C23H24N6O2. The molecule has 0 amide bonds. The van der Waals surface area contributed by atoms with Crippen molar-refractivity contribution < 1.29 is 4.74 Å². The fourth-order valence-corrected chi connectivity index (χ4v) is 3.88. The molecule has 1 saturated heterocycles. The number of para-hydroxylation sites is 1. The average molecular weight is 416 g/mol. The molecule has 31 heavy (non-hydrogen) atoms. The molecule has 1 aliphatic rings. The molecule has 0 aliphatic carbocycles. The lowest BCUT2D eigenvalue weighted by Gasteiger charge is -2.26. The van der Waals surface area contributed by atoms with Crippen LogP contribution in [-0.2, 0) is 11.3 Å². The van der Waals surface area contributed by atoms with Crippen LogP contribution in [-0.4, -0.2) is 57.5 Å². The normalized spacial score (nSPS) is 14.7. The number of nitrogens with one attached hydrogen (secondary N) is 2. The molecule has 8 nitrogen and oxygen atoms in total. The molecule has 0 bridgehead atoms. The number of hydrogen-bond acceptors (Lipinski definition) is 6. The molecule has 8 heteroatoms. The Kier molecular flexibility index (Phi) is 5.47. The Balaban J connectivity index is 1.44. The van der Waals surface area contributed by atoms with Gasteiger partial charge in [0.05, 0.1) is 31.3 Å². The number of morpholine rings is 1. The minimum absolute atomic E-state index is 0.176. The quantitative estimate of drug-likeness (QED) is 0.503. The van der Waals surface area contributed by atoms with Gasteiger partial charge in [-0.25, -0.2) is 4.98 Å². The van der Waals surface area contributed by atoms with Gasteiger partial charge in [0.2, 0.25) is 0 Å². The van der Waals surface area contributed by atoms with Gasteiger partial charge in [0.1, 0.15) is 5.82 Å². The van der Waals surface area contributed by atoms with Gasteiger partial charge in [-0.05, 0) is 18.2 Å². The molecule has 1 aliphatic heterocycles. The van der Waals surface area contributed by atoms with Gasteiger partial charge in [-0.2, -0.15) is 5.10 Å². The highest BCUT2D eigenvalue weighted by molar-refractivity contribution is 6.01. The van der Waals surface area contributed by atoms with Gasteiger partial charge in [-0.1, -0.05) is 18.2 Å². The maximum atomic E-state index is 12.7. The van der Waals surface area contributed by atoms with Crippen LogP contribution in [0.1, 0.15) is 0 Å². The van der Waals surface area contributed by atoms with Crippen LogP contribution in [0.2, 0.25) is 0 Å². The molecule has 0 spiro atoms. The summed E-state index contributed by atoms with van der Waals surface area (Å²) in [5.41, 5.74) is 2.53. The monoisotopic (exact) mass is 416 g/mol. The van der Waals surface area contributed by atoms with Crippen molar-refractivity contribution in [2.75, 3.05) is 38.2 Å². The van der Waals surface area contributed by atoms with E-state index in [9.17, 15) is 4.79 Å². The highest BCUT2D eigenvalue weighted by atomic mass is 16.5. The lowest BCUT2D eigenvalue weighted by Crippen LogP contribution is -2.38. The molecule has 4 heterocycles. The van der Waals surface area contributed by atoms with E-state index in [1.165, 1.54) is 0 Å². The summed E-state index contributed by atoms with van der Waals surface area (Å²) in [6, 6.07) is 11.6. The van der Waals surface area contributed by atoms with Crippen LogP contribution in [0.3, 0.4) is 0 Å². The van der Waals surface area contributed by atoms with Crippen LogP contribution < -0.4 is 10.9 Å². The number of aromatic amines is 1. The summed E-state index contributed by atoms with van der Waals surface area (Å²) in [6.45, 7) is 5.24. The first-order valence-electron chi connectivity index (χ1n) is 10.4. The maximum Gasteiger partial charge on any atom is 0.259 e. The first kappa shape index (κ1) is 19.5. The average Bonchev–Trinajstić information content (AvgIpc) is 3.28. The highest BCUT2D eigenvalue weighted by Crippen LogP contribution is 2.30. The predicted molar refractivity (Wildman–Crippen MR) is 121 cm³/mol. The third-order valence-corrected chi connectivity index (χ3v) is 5.54. The number of pyridine rings is 2. The number of rotatable bonds is 6. The number of ether oxygens (including phenoxy) is 1. The summed E-state index contributed by atoms with van der Waals surface area (Å²) in [6.07, 6.45) is 7.32. The van der Waals surface area contributed by atoms with E-state index in [2.05, 4.69) is 25.3 Å². The number of hydrogen-bond donors (Lipinski definition) is 2. The summed E-state index contributed by atoms with van der Waals surface area (Å²) in [4.78, 5) is 22.4. The Morgan fingerprint density at radius 1 is 1.06 bits per heavy atom. The van der Waals surface area contributed by atoms with E-state index < -0.39 is 0 Å². The van der Waals surface area contributed by atoms with Crippen molar-refractivity contribution in [3.05, 3.63) is 71.5 Å². The topological polar surface area (TPSA) is 88.1 Å². The SMILES string of the molecule is O=c1[nH]ccc2c(-c3cnn(CCN4CCOCC4)c3)cnc(Nc3ccccc3)c12. The van der Waals surface area contributed by atoms with Gasteiger partial charge in [0, 0.05) is 60.4 Å². The second kappa shape index (κ2) is 8.71. The summed E-state index contributed by atoms with van der Waals surface area (Å²) < 4.78 is 7.35. The van der Waals surface area contributed by atoms with Crippen LogP contribution in [0.15, 0.2) is 66.0 Å². The molecule has 4 aromatic rings. The third-order valence-electron chi connectivity index (χ3n) is 5.54. The number of benzene rings is 1. The minimum Gasteiger partial charge on any atom is -0.379 e. The Bertz CT molecular complexity index is 1230. The van der Waals surface area contributed by atoms with Crippen molar-refractivity contribution in [2.45, 2.75) is 6.54 Å². The molecule has 0 saturated carbocycles. The lowest BCUT2D eigenvalue weighted by molar-refractivity contribution is 0.0360. The summed E-state index contributed by atoms with van der Waals surface area (Å²) in [7, 11) is 0. The van der Waals surface area contributed by atoms with E-state index in [0.717, 1.165) is 61.6 Å². The summed E-state index contributed by atoms with van der Waals surface area (Å²) >= 11 is 0. The van der Waals surface area contributed by atoms with E-state index >= 15 is 0 Å². The van der Waals surface area contributed by atoms with Gasteiger partial charge < -0.3 is 15.0 Å². The number of fused-ring (bicyclic) bond motifs is 1. The van der Waals surface area contributed by atoms with Crippen LogP contribution in [0.25, 0.3) is 21.9 Å². The van der Waals surface area contributed by atoms with Gasteiger partial charge in [-0.3, -0.25) is 14.4 Å².